The van der Waals surface area contributed by atoms with E-state index in [0.29, 0.717) is 11.1 Å². The highest BCUT2D eigenvalue weighted by Gasteiger charge is 2.20. The summed E-state index contributed by atoms with van der Waals surface area (Å²) in [5, 5.41) is 9.43. The van der Waals surface area contributed by atoms with Crippen molar-refractivity contribution in [3.63, 3.8) is 0 Å². The van der Waals surface area contributed by atoms with Gasteiger partial charge >= 0.3 is 5.97 Å². The van der Waals surface area contributed by atoms with E-state index in [0.717, 1.165) is 12.1 Å². The molecule has 1 aromatic rings. The number of nitrogens with zero attached hydrogens (tertiary/aromatic N) is 1. The number of hydrogen-bond acceptors (Lipinski definition) is 2. The van der Waals surface area contributed by atoms with Gasteiger partial charge in [-0.3, -0.25) is 4.90 Å². The van der Waals surface area contributed by atoms with Crippen LogP contribution in [-0.2, 0) is 6.54 Å². The summed E-state index contributed by atoms with van der Waals surface area (Å²) < 4.78 is 0. The highest BCUT2D eigenvalue weighted by Crippen LogP contribution is 2.26. The zero-order chi connectivity index (χ0) is 13.1. The molecule has 0 heterocycles. The minimum atomic E-state index is -0.937. The predicted molar refractivity (Wildman–Crippen MR) is 72.1 cm³/mol. The van der Waals surface area contributed by atoms with E-state index >= 15 is 0 Å². The van der Waals surface area contributed by atoms with Gasteiger partial charge in [0, 0.05) is 17.6 Å². The topological polar surface area (TPSA) is 40.5 Å². The Morgan fingerprint density at radius 1 is 1.44 bits per heavy atom. The molecule has 98 valence electrons. The first-order chi connectivity index (χ1) is 8.58. The third-order valence-corrected chi connectivity index (χ3v) is 4.02. The van der Waals surface area contributed by atoms with Crippen LogP contribution in [0.5, 0.6) is 0 Å². The maximum Gasteiger partial charge on any atom is 0.335 e. The molecule has 3 nitrogen and oxygen atoms in total. The van der Waals surface area contributed by atoms with E-state index in [9.17, 15) is 4.79 Å². The fourth-order valence-corrected chi connectivity index (χ4v) is 2.79. The van der Waals surface area contributed by atoms with Crippen molar-refractivity contribution in [1.82, 2.24) is 4.90 Å². The molecule has 1 fully saturated rings. The molecule has 0 aromatic heterocycles. The molecule has 0 spiro atoms. The summed E-state index contributed by atoms with van der Waals surface area (Å²) in [6.45, 7) is 0.781. The molecule has 0 amide bonds. The lowest BCUT2D eigenvalue weighted by molar-refractivity contribution is 0.0697. The van der Waals surface area contributed by atoms with Gasteiger partial charge in [-0.05, 0) is 37.6 Å². The third-order valence-electron chi connectivity index (χ3n) is 3.67. The van der Waals surface area contributed by atoms with Crippen molar-refractivity contribution in [2.24, 2.45) is 0 Å². The normalized spacial score (nSPS) is 16.4. The van der Waals surface area contributed by atoms with Gasteiger partial charge in [-0.15, -0.1) is 0 Å². The van der Waals surface area contributed by atoms with E-state index in [1.165, 1.54) is 31.7 Å². The van der Waals surface area contributed by atoms with Crippen LogP contribution < -0.4 is 0 Å². The molecule has 0 radical (unpaired) electrons. The zero-order valence-corrected chi connectivity index (χ0v) is 11.3. The highest BCUT2D eigenvalue weighted by molar-refractivity contribution is 6.31. The summed E-state index contributed by atoms with van der Waals surface area (Å²) in [6, 6.07) is 5.60. The van der Waals surface area contributed by atoms with Gasteiger partial charge in [0.25, 0.3) is 0 Å². The van der Waals surface area contributed by atoms with E-state index in [-0.39, 0.29) is 5.56 Å². The van der Waals surface area contributed by atoms with Crippen molar-refractivity contribution < 1.29 is 9.90 Å². The number of benzene rings is 1. The second-order valence-electron chi connectivity index (χ2n) is 4.96. The van der Waals surface area contributed by atoms with Gasteiger partial charge in [0.15, 0.2) is 0 Å². The van der Waals surface area contributed by atoms with E-state index in [2.05, 4.69) is 11.9 Å². The second kappa shape index (κ2) is 5.72. The van der Waals surface area contributed by atoms with Crippen LogP contribution in [0, 0.1) is 0 Å². The summed E-state index contributed by atoms with van der Waals surface area (Å²) in [5.41, 5.74) is 1.24. The van der Waals surface area contributed by atoms with Crippen LogP contribution in [0.25, 0.3) is 0 Å². The number of carboxylic acids is 1. The summed E-state index contributed by atoms with van der Waals surface area (Å²) in [6.07, 6.45) is 5.12. The first-order valence-corrected chi connectivity index (χ1v) is 6.67. The van der Waals surface area contributed by atoms with Crippen molar-refractivity contribution >= 4 is 17.6 Å². The average molecular weight is 268 g/mol. The largest absolute Gasteiger partial charge is 0.478 e. The van der Waals surface area contributed by atoms with Crippen LogP contribution in [0.1, 0.15) is 41.6 Å². The summed E-state index contributed by atoms with van der Waals surface area (Å²) >= 11 is 6.13. The van der Waals surface area contributed by atoms with Crippen LogP contribution in [0.4, 0.5) is 0 Å². The molecule has 0 saturated heterocycles. The van der Waals surface area contributed by atoms with E-state index in [1.54, 1.807) is 6.07 Å². The smallest absolute Gasteiger partial charge is 0.335 e. The quantitative estimate of drug-likeness (QED) is 0.909. The molecule has 18 heavy (non-hydrogen) atoms. The highest BCUT2D eigenvalue weighted by atomic mass is 35.5. The number of aromatic carboxylic acids is 1. The van der Waals surface area contributed by atoms with Crippen molar-refractivity contribution in [2.75, 3.05) is 7.05 Å². The lowest BCUT2D eigenvalue weighted by Crippen LogP contribution is -2.28. The molecule has 1 aliphatic rings. The first-order valence-electron chi connectivity index (χ1n) is 6.30. The van der Waals surface area contributed by atoms with Gasteiger partial charge in [0.1, 0.15) is 0 Å². The van der Waals surface area contributed by atoms with Crippen LogP contribution in [0.2, 0.25) is 5.02 Å². The Morgan fingerprint density at radius 2 is 2.11 bits per heavy atom. The van der Waals surface area contributed by atoms with Crippen molar-refractivity contribution in [1.29, 1.82) is 0 Å². The molecule has 0 bridgehead atoms. The molecule has 0 aliphatic heterocycles. The fraction of sp³-hybridized carbons (Fsp3) is 0.500. The van der Waals surface area contributed by atoms with Gasteiger partial charge in [-0.2, -0.15) is 0 Å². The second-order valence-corrected chi connectivity index (χ2v) is 5.37. The minimum Gasteiger partial charge on any atom is -0.478 e. The molecule has 1 saturated carbocycles. The summed E-state index contributed by atoms with van der Waals surface area (Å²) in [7, 11) is 2.11. The Hall–Kier alpha value is -1.06. The minimum absolute atomic E-state index is 0.243. The van der Waals surface area contributed by atoms with Gasteiger partial charge < -0.3 is 5.11 Å². The summed E-state index contributed by atoms with van der Waals surface area (Å²) in [4.78, 5) is 13.1. The lowest BCUT2D eigenvalue weighted by atomic mass is 10.1. The molecule has 1 aliphatic carbocycles. The molecule has 0 unspecified atom stereocenters. The standard InChI is InChI=1S/C14H18ClNO2/c1-16(12-4-2-3-5-12)9-11-7-6-10(14(17)18)8-13(11)15/h6-8,12H,2-5,9H2,1H3,(H,17,18). The number of halogens is 1. The van der Waals surface area contributed by atoms with Gasteiger partial charge in [-0.25, -0.2) is 4.79 Å². The Balaban J connectivity index is 2.06. The number of hydrogen-bond donors (Lipinski definition) is 1. The Morgan fingerprint density at radius 3 is 2.67 bits per heavy atom. The van der Waals surface area contributed by atoms with Gasteiger partial charge in [-0.1, -0.05) is 30.5 Å². The molecule has 4 heteroatoms. The van der Waals surface area contributed by atoms with Crippen LogP contribution in [-0.4, -0.2) is 29.1 Å². The molecule has 0 atom stereocenters. The van der Waals surface area contributed by atoms with Crippen molar-refractivity contribution in [3.8, 4) is 0 Å². The van der Waals surface area contributed by atoms with Gasteiger partial charge in [0.2, 0.25) is 0 Å². The average Bonchev–Trinajstić information content (AvgIpc) is 2.85. The first kappa shape index (κ1) is 13.4. The zero-order valence-electron chi connectivity index (χ0n) is 10.5. The third kappa shape index (κ3) is 3.03. The van der Waals surface area contributed by atoms with Gasteiger partial charge in [0.05, 0.1) is 5.56 Å². The maximum atomic E-state index is 10.8. The monoisotopic (exact) mass is 267 g/mol. The van der Waals surface area contributed by atoms with E-state index in [1.807, 2.05) is 6.07 Å². The fourth-order valence-electron chi connectivity index (χ4n) is 2.55. The number of carbonyl (C=O) groups is 1. The Labute approximate surface area is 112 Å². The van der Waals surface area contributed by atoms with Crippen molar-refractivity contribution in [3.05, 3.63) is 34.3 Å². The number of rotatable bonds is 4. The van der Waals surface area contributed by atoms with E-state index in [4.69, 9.17) is 16.7 Å². The van der Waals surface area contributed by atoms with Crippen LogP contribution in [0.15, 0.2) is 18.2 Å². The maximum absolute atomic E-state index is 10.8. The summed E-state index contributed by atoms with van der Waals surface area (Å²) in [5.74, 6) is -0.937. The molecule has 1 N–H and O–H groups in total. The lowest BCUT2D eigenvalue weighted by Gasteiger charge is -2.24. The van der Waals surface area contributed by atoms with E-state index < -0.39 is 5.97 Å². The Bertz CT molecular complexity index is 441. The molecule has 2 rings (SSSR count). The van der Waals surface area contributed by atoms with Crippen molar-refractivity contribution in [2.45, 2.75) is 38.3 Å². The predicted octanol–water partition coefficient (Wildman–Crippen LogP) is 3.41. The SMILES string of the molecule is CN(Cc1ccc(C(=O)O)cc1Cl)C1CCCC1. The van der Waals surface area contributed by atoms with Crippen LogP contribution in [0.3, 0.4) is 0 Å². The molecular formula is C14H18ClNO2. The molecular weight excluding hydrogens is 250 g/mol. The number of carboxylic acid groups (broad SMARTS) is 1. The molecule has 1 aromatic carbocycles. The van der Waals surface area contributed by atoms with Crippen LogP contribution >= 0.6 is 11.6 Å². The Kier molecular flexibility index (Phi) is 4.25.